The molecule has 1 aliphatic heterocycles. The predicted octanol–water partition coefficient (Wildman–Crippen LogP) is 2.42. The molecule has 0 bridgehead atoms. The van der Waals surface area contributed by atoms with Crippen molar-refractivity contribution in [2.45, 2.75) is 38.3 Å². The summed E-state index contributed by atoms with van der Waals surface area (Å²) in [6.07, 6.45) is 2.17. The summed E-state index contributed by atoms with van der Waals surface area (Å²) in [5.41, 5.74) is 7.53. The summed E-state index contributed by atoms with van der Waals surface area (Å²) in [6, 6.07) is 5.59. The molecule has 1 aromatic rings. The smallest absolute Gasteiger partial charge is 0.122 e. The average molecular weight is 264 g/mol. The van der Waals surface area contributed by atoms with Crippen molar-refractivity contribution in [2.24, 2.45) is 5.73 Å². The van der Waals surface area contributed by atoms with Gasteiger partial charge in [-0.3, -0.25) is 0 Å². The Bertz CT molecular complexity index is 448. The van der Waals surface area contributed by atoms with E-state index >= 15 is 0 Å². The number of rotatable bonds is 3. The first-order valence-corrected chi connectivity index (χ1v) is 6.84. The molecule has 19 heavy (non-hydrogen) atoms. The van der Waals surface area contributed by atoms with Crippen LogP contribution in [0.3, 0.4) is 0 Å². The van der Waals surface area contributed by atoms with Gasteiger partial charge in [0.1, 0.15) is 5.75 Å². The number of hydrogen-bond donors (Lipinski definition) is 2. The van der Waals surface area contributed by atoms with Gasteiger partial charge in [-0.2, -0.15) is 0 Å². The summed E-state index contributed by atoms with van der Waals surface area (Å²) < 4.78 is 5.60. The van der Waals surface area contributed by atoms with Gasteiger partial charge in [0.25, 0.3) is 0 Å². The Hall–Kier alpha value is -1.26. The van der Waals surface area contributed by atoms with Crippen molar-refractivity contribution in [1.29, 1.82) is 0 Å². The van der Waals surface area contributed by atoms with E-state index < -0.39 is 0 Å². The molecule has 0 saturated carbocycles. The Labute approximate surface area is 115 Å². The van der Waals surface area contributed by atoms with Crippen LogP contribution in [0.1, 0.15) is 38.3 Å². The number of benzene rings is 1. The number of methoxy groups -OCH3 is 1. The third-order valence-electron chi connectivity index (χ3n) is 4.02. The van der Waals surface area contributed by atoms with Gasteiger partial charge in [0.2, 0.25) is 0 Å². The molecule has 2 rings (SSSR count). The normalized spacial score (nSPS) is 25.4. The topological polar surface area (TPSA) is 58.7 Å². The molecule has 1 fully saturated rings. The largest absolute Gasteiger partial charge is 0.508 e. The molecule has 3 N–H and O–H groups in total. The first kappa shape index (κ1) is 14.2. The highest BCUT2D eigenvalue weighted by Gasteiger charge is 2.31. The fourth-order valence-corrected chi connectivity index (χ4v) is 2.71. The second-order valence-corrected chi connectivity index (χ2v) is 5.71. The SMILES string of the molecule is COC1(C)CCCN(c2ccc(C(C)N)c(O)c2)C1. The minimum atomic E-state index is -0.153. The second-order valence-electron chi connectivity index (χ2n) is 5.71. The first-order valence-electron chi connectivity index (χ1n) is 6.84. The van der Waals surface area contributed by atoms with E-state index in [1.165, 1.54) is 0 Å². The van der Waals surface area contributed by atoms with Crippen molar-refractivity contribution in [3.05, 3.63) is 23.8 Å². The molecular formula is C15H24N2O2. The van der Waals surface area contributed by atoms with Crippen molar-refractivity contribution >= 4 is 5.69 Å². The fourth-order valence-electron chi connectivity index (χ4n) is 2.71. The van der Waals surface area contributed by atoms with E-state index in [-0.39, 0.29) is 17.4 Å². The highest BCUT2D eigenvalue weighted by atomic mass is 16.5. The molecule has 1 saturated heterocycles. The maximum atomic E-state index is 10.0. The summed E-state index contributed by atoms with van der Waals surface area (Å²) in [5.74, 6) is 0.275. The van der Waals surface area contributed by atoms with Crippen molar-refractivity contribution in [1.82, 2.24) is 0 Å². The van der Waals surface area contributed by atoms with E-state index in [0.717, 1.165) is 37.2 Å². The number of phenols is 1. The molecule has 106 valence electrons. The molecule has 0 amide bonds. The lowest BCUT2D eigenvalue weighted by Crippen LogP contribution is -2.47. The zero-order chi connectivity index (χ0) is 14.0. The van der Waals surface area contributed by atoms with Gasteiger partial charge in [0.15, 0.2) is 0 Å². The number of nitrogens with two attached hydrogens (primary N) is 1. The molecule has 0 aromatic heterocycles. The van der Waals surface area contributed by atoms with Gasteiger partial charge < -0.3 is 20.5 Å². The number of ether oxygens (including phenoxy) is 1. The van der Waals surface area contributed by atoms with Gasteiger partial charge in [-0.25, -0.2) is 0 Å². The van der Waals surface area contributed by atoms with Crippen LogP contribution in [0.15, 0.2) is 18.2 Å². The minimum Gasteiger partial charge on any atom is -0.508 e. The van der Waals surface area contributed by atoms with Gasteiger partial charge in [0, 0.05) is 43.6 Å². The Balaban J connectivity index is 2.20. The van der Waals surface area contributed by atoms with Crippen molar-refractivity contribution in [3.8, 4) is 5.75 Å². The van der Waals surface area contributed by atoms with Gasteiger partial charge in [-0.1, -0.05) is 6.07 Å². The van der Waals surface area contributed by atoms with Crippen molar-refractivity contribution < 1.29 is 9.84 Å². The molecule has 2 atom stereocenters. The summed E-state index contributed by atoms with van der Waals surface area (Å²) in [5, 5.41) is 10.0. The number of phenolic OH excluding ortho intramolecular Hbond substituents is 1. The fraction of sp³-hybridized carbons (Fsp3) is 0.600. The minimum absolute atomic E-state index is 0.103. The standard InChI is InChI=1S/C15H24N2O2/c1-11(16)13-6-5-12(9-14(13)18)17-8-4-7-15(2,10-17)19-3/h5-6,9,11,18H,4,7-8,10,16H2,1-3H3. The van der Waals surface area contributed by atoms with Gasteiger partial charge in [-0.15, -0.1) is 0 Å². The maximum absolute atomic E-state index is 10.0. The van der Waals surface area contributed by atoms with Crippen LogP contribution in [0.5, 0.6) is 5.75 Å². The van der Waals surface area contributed by atoms with Gasteiger partial charge in [-0.05, 0) is 32.8 Å². The summed E-state index contributed by atoms with van der Waals surface area (Å²) in [7, 11) is 1.76. The Morgan fingerprint density at radius 2 is 2.21 bits per heavy atom. The Morgan fingerprint density at radius 3 is 2.79 bits per heavy atom. The monoisotopic (exact) mass is 264 g/mol. The van der Waals surface area contributed by atoms with E-state index in [1.54, 1.807) is 13.2 Å². The number of piperidine rings is 1. The molecule has 2 unspecified atom stereocenters. The molecule has 4 heteroatoms. The molecule has 0 aliphatic carbocycles. The highest BCUT2D eigenvalue weighted by Crippen LogP contribution is 2.32. The quantitative estimate of drug-likeness (QED) is 0.880. The number of aromatic hydroxyl groups is 1. The van der Waals surface area contributed by atoms with Crippen molar-refractivity contribution in [3.63, 3.8) is 0 Å². The number of anilines is 1. The average Bonchev–Trinajstić information content (AvgIpc) is 2.38. The molecule has 0 radical (unpaired) electrons. The van der Waals surface area contributed by atoms with Crippen LogP contribution in [0, 0.1) is 0 Å². The Kier molecular flexibility index (Phi) is 4.02. The predicted molar refractivity (Wildman–Crippen MR) is 77.6 cm³/mol. The zero-order valence-corrected chi connectivity index (χ0v) is 12.0. The van der Waals surface area contributed by atoms with Crippen molar-refractivity contribution in [2.75, 3.05) is 25.1 Å². The van der Waals surface area contributed by atoms with E-state index in [1.807, 2.05) is 19.1 Å². The van der Waals surface area contributed by atoms with Gasteiger partial charge in [0.05, 0.1) is 5.60 Å². The highest BCUT2D eigenvalue weighted by molar-refractivity contribution is 5.54. The third-order valence-corrected chi connectivity index (χ3v) is 4.02. The van der Waals surface area contributed by atoms with Crippen LogP contribution < -0.4 is 10.6 Å². The molecule has 4 nitrogen and oxygen atoms in total. The molecule has 1 aliphatic rings. The summed E-state index contributed by atoms with van der Waals surface area (Å²) in [4.78, 5) is 2.26. The summed E-state index contributed by atoms with van der Waals surface area (Å²) in [6.45, 7) is 5.85. The van der Waals surface area contributed by atoms with Crippen LogP contribution in [-0.2, 0) is 4.74 Å². The maximum Gasteiger partial charge on any atom is 0.122 e. The van der Waals surface area contributed by atoms with Gasteiger partial charge >= 0.3 is 0 Å². The molecule has 1 heterocycles. The summed E-state index contributed by atoms with van der Waals surface area (Å²) >= 11 is 0. The van der Waals surface area contributed by atoms with Crippen LogP contribution in [-0.4, -0.2) is 30.9 Å². The van der Waals surface area contributed by atoms with E-state index in [2.05, 4.69) is 11.8 Å². The molecule has 1 aromatic carbocycles. The number of nitrogens with zero attached hydrogens (tertiary/aromatic N) is 1. The van der Waals surface area contributed by atoms with E-state index in [4.69, 9.17) is 10.5 Å². The Morgan fingerprint density at radius 1 is 1.47 bits per heavy atom. The lowest BCUT2D eigenvalue weighted by Gasteiger charge is -2.40. The zero-order valence-electron chi connectivity index (χ0n) is 12.0. The van der Waals surface area contributed by atoms with Crippen LogP contribution in [0.4, 0.5) is 5.69 Å². The molecule has 0 spiro atoms. The lowest BCUT2D eigenvalue weighted by atomic mass is 9.94. The third kappa shape index (κ3) is 3.01. The van der Waals surface area contributed by atoms with Crippen LogP contribution in [0.25, 0.3) is 0 Å². The molecular weight excluding hydrogens is 240 g/mol. The van der Waals surface area contributed by atoms with E-state index in [0.29, 0.717) is 0 Å². The van der Waals surface area contributed by atoms with Crippen LogP contribution in [0.2, 0.25) is 0 Å². The van der Waals surface area contributed by atoms with E-state index in [9.17, 15) is 5.11 Å². The lowest BCUT2D eigenvalue weighted by molar-refractivity contribution is -0.00466. The first-order chi connectivity index (χ1) is 8.95. The van der Waals surface area contributed by atoms with Crippen LogP contribution >= 0.6 is 0 Å². The second kappa shape index (κ2) is 5.39. The number of hydrogen-bond acceptors (Lipinski definition) is 4.